The van der Waals surface area contributed by atoms with Crippen LogP contribution in [0.25, 0.3) is 0 Å². The van der Waals surface area contributed by atoms with E-state index in [4.69, 9.17) is 5.11 Å². The molecule has 0 spiro atoms. The van der Waals surface area contributed by atoms with E-state index < -0.39 is 0 Å². The maximum Gasteiger partial charge on any atom is 0.0762 e. The van der Waals surface area contributed by atoms with E-state index >= 15 is 0 Å². The molecule has 0 saturated heterocycles. The van der Waals surface area contributed by atoms with Crippen LogP contribution < -0.4 is 5.32 Å². The van der Waals surface area contributed by atoms with E-state index in [-0.39, 0.29) is 0 Å². The van der Waals surface area contributed by atoms with Gasteiger partial charge in [-0.1, -0.05) is 12.8 Å². The summed E-state index contributed by atoms with van der Waals surface area (Å²) in [6.07, 6.45) is 8.30. The second kappa shape index (κ2) is 8.61. The van der Waals surface area contributed by atoms with E-state index in [1.54, 1.807) is 0 Å². The smallest absolute Gasteiger partial charge is 0.0762 e. The Labute approximate surface area is 120 Å². The van der Waals surface area contributed by atoms with Gasteiger partial charge in [0.05, 0.1) is 11.7 Å². The first kappa shape index (κ1) is 14.9. The molecule has 0 radical (unpaired) electrons. The maximum absolute atomic E-state index is 8.67. The van der Waals surface area contributed by atoms with Gasteiger partial charge in [0.1, 0.15) is 0 Å². The predicted octanol–water partition coefficient (Wildman–Crippen LogP) is 2.20. The van der Waals surface area contributed by atoms with Crippen molar-refractivity contribution in [3.05, 3.63) is 18.0 Å². The number of aromatic nitrogens is 2. The standard InChI is InChI=1S/C14H25N3OS/c18-9-3-10-19-11-7-15-12-13-6-8-17(16-13)14-4-1-2-5-14/h6,8,14-15,18H,1-5,7,9-12H2. The topological polar surface area (TPSA) is 50.1 Å². The van der Waals surface area contributed by atoms with Crippen LogP contribution in [0.2, 0.25) is 0 Å². The van der Waals surface area contributed by atoms with Gasteiger partial charge >= 0.3 is 0 Å². The van der Waals surface area contributed by atoms with Crippen molar-refractivity contribution in [2.24, 2.45) is 0 Å². The zero-order valence-electron chi connectivity index (χ0n) is 11.6. The number of thioether (sulfide) groups is 1. The lowest BCUT2D eigenvalue weighted by molar-refractivity contribution is 0.296. The fourth-order valence-electron chi connectivity index (χ4n) is 2.47. The van der Waals surface area contributed by atoms with E-state index in [2.05, 4.69) is 27.4 Å². The normalized spacial score (nSPS) is 16.3. The third-order valence-corrected chi connectivity index (χ3v) is 4.61. The van der Waals surface area contributed by atoms with Gasteiger partial charge in [0.15, 0.2) is 0 Å². The number of hydrogen-bond donors (Lipinski definition) is 2. The van der Waals surface area contributed by atoms with E-state index in [1.165, 1.54) is 25.7 Å². The summed E-state index contributed by atoms with van der Waals surface area (Å²) in [5, 5.41) is 16.7. The first-order valence-corrected chi connectivity index (χ1v) is 8.49. The molecule has 0 atom stereocenters. The van der Waals surface area contributed by atoms with Crippen molar-refractivity contribution in [3.8, 4) is 0 Å². The fraction of sp³-hybridized carbons (Fsp3) is 0.786. The van der Waals surface area contributed by atoms with Crippen LogP contribution in [-0.2, 0) is 6.54 Å². The fourth-order valence-corrected chi connectivity index (χ4v) is 3.30. The van der Waals surface area contributed by atoms with Crippen molar-refractivity contribution < 1.29 is 5.11 Å². The van der Waals surface area contributed by atoms with Crippen molar-refractivity contribution in [3.63, 3.8) is 0 Å². The molecule has 0 amide bonds. The molecule has 1 aromatic heterocycles. The number of hydrogen-bond acceptors (Lipinski definition) is 4. The van der Waals surface area contributed by atoms with Gasteiger partial charge in [-0.05, 0) is 31.1 Å². The number of rotatable bonds is 9. The van der Waals surface area contributed by atoms with E-state index in [0.717, 1.165) is 36.7 Å². The van der Waals surface area contributed by atoms with Gasteiger partial charge < -0.3 is 10.4 Å². The molecule has 0 aliphatic heterocycles. The molecule has 2 rings (SSSR count). The minimum Gasteiger partial charge on any atom is -0.396 e. The lowest BCUT2D eigenvalue weighted by Gasteiger charge is -2.09. The highest BCUT2D eigenvalue weighted by molar-refractivity contribution is 7.99. The molecule has 1 aliphatic rings. The highest BCUT2D eigenvalue weighted by atomic mass is 32.2. The summed E-state index contributed by atoms with van der Waals surface area (Å²) in [6.45, 7) is 2.17. The maximum atomic E-state index is 8.67. The average molecular weight is 283 g/mol. The average Bonchev–Trinajstić information content (AvgIpc) is 3.08. The zero-order valence-corrected chi connectivity index (χ0v) is 12.4. The Morgan fingerprint density at radius 3 is 3.00 bits per heavy atom. The summed E-state index contributed by atoms with van der Waals surface area (Å²) in [5.74, 6) is 2.15. The Hall–Kier alpha value is -0.520. The van der Waals surface area contributed by atoms with Crippen molar-refractivity contribution in [1.29, 1.82) is 0 Å². The van der Waals surface area contributed by atoms with Gasteiger partial charge in [0.25, 0.3) is 0 Å². The van der Waals surface area contributed by atoms with E-state index in [9.17, 15) is 0 Å². The van der Waals surface area contributed by atoms with Crippen LogP contribution in [0, 0.1) is 0 Å². The zero-order chi connectivity index (χ0) is 13.3. The number of aliphatic hydroxyl groups excluding tert-OH is 1. The van der Waals surface area contributed by atoms with Crippen LogP contribution in [0.5, 0.6) is 0 Å². The number of nitrogens with one attached hydrogen (secondary N) is 1. The minimum absolute atomic E-state index is 0.305. The molecule has 1 heterocycles. The highest BCUT2D eigenvalue weighted by Crippen LogP contribution is 2.28. The lowest BCUT2D eigenvalue weighted by Crippen LogP contribution is -2.17. The number of nitrogens with zero attached hydrogens (tertiary/aromatic N) is 2. The van der Waals surface area contributed by atoms with Crippen molar-refractivity contribution in [1.82, 2.24) is 15.1 Å². The predicted molar refractivity (Wildman–Crippen MR) is 80.5 cm³/mol. The van der Waals surface area contributed by atoms with Gasteiger partial charge in [0, 0.05) is 31.6 Å². The van der Waals surface area contributed by atoms with E-state index in [0.29, 0.717) is 12.6 Å². The second-order valence-corrected chi connectivity index (χ2v) is 6.32. The van der Waals surface area contributed by atoms with Crippen molar-refractivity contribution >= 4 is 11.8 Å². The minimum atomic E-state index is 0.305. The molecule has 2 N–H and O–H groups in total. The van der Waals surface area contributed by atoms with Gasteiger partial charge in [-0.2, -0.15) is 16.9 Å². The highest BCUT2D eigenvalue weighted by Gasteiger charge is 2.17. The SMILES string of the molecule is OCCCSCCNCc1ccn(C2CCCC2)n1. The molecule has 1 aromatic rings. The molecule has 0 bridgehead atoms. The van der Waals surface area contributed by atoms with Crippen LogP contribution in [0.1, 0.15) is 43.8 Å². The molecular weight excluding hydrogens is 258 g/mol. The van der Waals surface area contributed by atoms with Gasteiger partial charge in [0.2, 0.25) is 0 Å². The summed E-state index contributed by atoms with van der Waals surface area (Å²) in [4.78, 5) is 0. The molecule has 5 heteroatoms. The van der Waals surface area contributed by atoms with Crippen LogP contribution in [0.15, 0.2) is 12.3 Å². The molecule has 19 heavy (non-hydrogen) atoms. The quantitative estimate of drug-likeness (QED) is 0.682. The first-order chi connectivity index (χ1) is 9.40. The summed E-state index contributed by atoms with van der Waals surface area (Å²) in [7, 11) is 0. The molecule has 1 saturated carbocycles. The first-order valence-electron chi connectivity index (χ1n) is 7.33. The van der Waals surface area contributed by atoms with Gasteiger partial charge in [-0.3, -0.25) is 4.68 Å². The van der Waals surface area contributed by atoms with Crippen LogP contribution >= 0.6 is 11.8 Å². The van der Waals surface area contributed by atoms with Crippen LogP contribution in [0.3, 0.4) is 0 Å². The Morgan fingerprint density at radius 1 is 1.37 bits per heavy atom. The lowest BCUT2D eigenvalue weighted by atomic mass is 10.3. The Morgan fingerprint density at radius 2 is 2.21 bits per heavy atom. The summed E-state index contributed by atoms with van der Waals surface area (Å²) < 4.78 is 2.15. The van der Waals surface area contributed by atoms with Crippen LogP contribution in [-0.4, -0.2) is 39.5 Å². The van der Waals surface area contributed by atoms with Crippen molar-refractivity contribution in [2.45, 2.75) is 44.7 Å². The third kappa shape index (κ3) is 5.16. The molecule has 0 aromatic carbocycles. The van der Waals surface area contributed by atoms with Gasteiger partial charge in [-0.15, -0.1) is 0 Å². The van der Waals surface area contributed by atoms with Gasteiger partial charge in [-0.25, -0.2) is 0 Å². The Bertz CT molecular complexity index is 350. The third-order valence-electron chi connectivity index (χ3n) is 3.54. The summed E-state index contributed by atoms with van der Waals surface area (Å²) >= 11 is 1.89. The summed E-state index contributed by atoms with van der Waals surface area (Å²) in [5.41, 5.74) is 1.15. The second-order valence-electron chi connectivity index (χ2n) is 5.09. The molecular formula is C14H25N3OS. The van der Waals surface area contributed by atoms with Crippen LogP contribution in [0.4, 0.5) is 0 Å². The largest absolute Gasteiger partial charge is 0.396 e. The molecule has 1 aliphatic carbocycles. The Balaban J connectivity index is 1.58. The van der Waals surface area contributed by atoms with E-state index in [1.807, 2.05) is 11.8 Å². The molecule has 0 unspecified atom stereocenters. The molecule has 4 nitrogen and oxygen atoms in total. The monoisotopic (exact) mass is 283 g/mol. The molecule has 1 fully saturated rings. The van der Waals surface area contributed by atoms with Crippen molar-refractivity contribution in [2.75, 3.05) is 24.7 Å². The molecule has 108 valence electrons. The number of aliphatic hydroxyl groups is 1. The summed E-state index contributed by atoms with van der Waals surface area (Å²) in [6, 6.07) is 2.77. The Kier molecular flexibility index (Phi) is 6.74.